The van der Waals surface area contributed by atoms with Crippen LogP contribution in [-0.2, 0) is 6.54 Å². The number of nitrogens with zero attached hydrogens (tertiary/aromatic N) is 1. The van der Waals surface area contributed by atoms with Crippen molar-refractivity contribution in [3.8, 4) is 0 Å². The van der Waals surface area contributed by atoms with Crippen molar-refractivity contribution in [2.75, 3.05) is 0 Å². The molecule has 1 aromatic rings. The molecular formula is C15H23N3O. The first-order chi connectivity index (χ1) is 9.22. The second-order valence-corrected chi connectivity index (χ2v) is 5.35. The Morgan fingerprint density at radius 2 is 2.11 bits per heavy atom. The number of hydrogen-bond donors (Lipinski definition) is 3. The summed E-state index contributed by atoms with van der Waals surface area (Å²) in [5.74, 6) is 1.11. The van der Waals surface area contributed by atoms with Crippen molar-refractivity contribution < 1.29 is 5.21 Å². The molecule has 0 amide bonds. The molecule has 1 atom stereocenters. The van der Waals surface area contributed by atoms with Crippen LogP contribution in [0.3, 0.4) is 0 Å². The summed E-state index contributed by atoms with van der Waals surface area (Å²) in [5, 5.41) is 15.2. The number of rotatable bonds is 7. The van der Waals surface area contributed by atoms with Crippen LogP contribution in [0.4, 0.5) is 0 Å². The largest absolute Gasteiger partial charge is 0.409 e. The lowest BCUT2D eigenvalue weighted by Crippen LogP contribution is -2.28. The second kappa shape index (κ2) is 6.57. The Bertz CT molecular complexity index is 424. The molecular weight excluding hydrogens is 238 g/mol. The van der Waals surface area contributed by atoms with E-state index < -0.39 is 0 Å². The van der Waals surface area contributed by atoms with Crippen molar-refractivity contribution in [1.82, 2.24) is 5.32 Å². The SMILES string of the molecule is CCC(CC1CC1)NCc1ccc(C(N)=NO)cc1. The predicted molar refractivity (Wildman–Crippen MR) is 77.2 cm³/mol. The Morgan fingerprint density at radius 1 is 1.42 bits per heavy atom. The topological polar surface area (TPSA) is 70.6 Å². The zero-order valence-corrected chi connectivity index (χ0v) is 11.5. The molecule has 19 heavy (non-hydrogen) atoms. The van der Waals surface area contributed by atoms with Crippen molar-refractivity contribution in [3.05, 3.63) is 35.4 Å². The highest BCUT2D eigenvalue weighted by atomic mass is 16.4. The molecule has 4 heteroatoms. The first kappa shape index (κ1) is 13.9. The van der Waals surface area contributed by atoms with Gasteiger partial charge in [0.25, 0.3) is 0 Å². The van der Waals surface area contributed by atoms with Gasteiger partial charge in [-0.3, -0.25) is 0 Å². The Balaban J connectivity index is 1.84. The van der Waals surface area contributed by atoms with E-state index in [9.17, 15) is 0 Å². The summed E-state index contributed by atoms with van der Waals surface area (Å²) >= 11 is 0. The normalized spacial score (nSPS) is 17.4. The van der Waals surface area contributed by atoms with Crippen molar-refractivity contribution in [1.29, 1.82) is 0 Å². The summed E-state index contributed by atoms with van der Waals surface area (Å²) in [6, 6.07) is 8.42. The van der Waals surface area contributed by atoms with Gasteiger partial charge < -0.3 is 16.3 Å². The third kappa shape index (κ3) is 4.24. The van der Waals surface area contributed by atoms with Crippen molar-refractivity contribution in [3.63, 3.8) is 0 Å². The van der Waals surface area contributed by atoms with E-state index >= 15 is 0 Å². The van der Waals surface area contributed by atoms with Gasteiger partial charge in [-0.2, -0.15) is 0 Å². The van der Waals surface area contributed by atoms with Crippen LogP contribution in [0.25, 0.3) is 0 Å². The van der Waals surface area contributed by atoms with Crippen LogP contribution in [-0.4, -0.2) is 17.1 Å². The minimum absolute atomic E-state index is 0.152. The third-order valence-electron chi connectivity index (χ3n) is 3.76. The standard InChI is InChI=1S/C15H23N3O/c1-2-14(9-11-3-4-11)17-10-12-5-7-13(8-6-12)15(16)18-19/h5-8,11,14,17,19H,2-4,9-10H2,1H3,(H2,16,18). The lowest BCUT2D eigenvalue weighted by atomic mass is 10.1. The fraction of sp³-hybridized carbons (Fsp3) is 0.533. The van der Waals surface area contributed by atoms with E-state index in [-0.39, 0.29) is 5.84 Å². The van der Waals surface area contributed by atoms with E-state index in [1.165, 1.54) is 31.2 Å². The molecule has 1 saturated carbocycles. The van der Waals surface area contributed by atoms with Crippen molar-refractivity contribution in [2.24, 2.45) is 16.8 Å². The van der Waals surface area contributed by atoms with E-state index in [0.717, 1.165) is 18.0 Å². The first-order valence-corrected chi connectivity index (χ1v) is 7.03. The molecule has 1 aliphatic rings. The fourth-order valence-electron chi connectivity index (χ4n) is 2.26. The molecule has 1 aliphatic carbocycles. The van der Waals surface area contributed by atoms with Crippen molar-refractivity contribution in [2.45, 2.75) is 45.2 Å². The van der Waals surface area contributed by atoms with Gasteiger partial charge in [0.2, 0.25) is 0 Å². The van der Waals surface area contributed by atoms with Crippen LogP contribution in [0.2, 0.25) is 0 Å². The second-order valence-electron chi connectivity index (χ2n) is 5.35. The summed E-state index contributed by atoms with van der Waals surface area (Å²) in [5.41, 5.74) is 7.51. The molecule has 1 unspecified atom stereocenters. The zero-order valence-electron chi connectivity index (χ0n) is 11.5. The molecule has 0 aromatic heterocycles. The maximum Gasteiger partial charge on any atom is 0.170 e. The number of amidine groups is 1. The average Bonchev–Trinajstić information content (AvgIpc) is 3.27. The van der Waals surface area contributed by atoms with Crippen molar-refractivity contribution >= 4 is 5.84 Å². The minimum Gasteiger partial charge on any atom is -0.409 e. The number of hydrogen-bond acceptors (Lipinski definition) is 3. The third-order valence-corrected chi connectivity index (χ3v) is 3.76. The van der Waals surface area contributed by atoms with Gasteiger partial charge >= 0.3 is 0 Å². The van der Waals surface area contributed by atoms with Gasteiger partial charge in [-0.15, -0.1) is 0 Å². The van der Waals surface area contributed by atoms with Crippen LogP contribution in [0.1, 0.15) is 43.7 Å². The number of benzene rings is 1. The summed E-state index contributed by atoms with van der Waals surface area (Å²) in [7, 11) is 0. The molecule has 4 N–H and O–H groups in total. The molecule has 104 valence electrons. The highest BCUT2D eigenvalue weighted by Gasteiger charge is 2.24. The molecule has 2 rings (SSSR count). The molecule has 1 fully saturated rings. The van der Waals surface area contributed by atoms with Gasteiger partial charge in [-0.05, 0) is 24.3 Å². The monoisotopic (exact) mass is 261 g/mol. The zero-order chi connectivity index (χ0) is 13.7. The van der Waals surface area contributed by atoms with Crippen LogP contribution < -0.4 is 11.1 Å². The number of nitrogens with two attached hydrogens (primary N) is 1. The van der Waals surface area contributed by atoms with Gasteiger partial charge in [-0.25, -0.2) is 0 Å². The average molecular weight is 261 g/mol. The Labute approximate surface area is 114 Å². The predicted octanol–water partition coefficient (Wildman–Crippen LogP) is 2.45. The number of nitrogens with one attached hydrogen (secondary N) is 1. The fourth-order valence-corrected chi connectivity index (χ4v) is 2.26. The molecule has 0 spiro atoms. The Kier molecular flexibility index (Phi) is 4.80. The summed E-state index contributed by atoms with van der Waals surface area (Å²) in [4.78, 5) is 0. The lowest BCUT2D eigenvalue weighted by Gasteiger charge is -2.16. The number of oxime groups is 1. The summed E-state index contributed by atoms with van der Waals surface area (Å²) in [6.07, 6.45) is 5.30. The molecule has 0 aliphatic heterocycles. The van der Waals surface area contributed by atoms with Crippen LogP contribution in [0, 0.1) is 5.92 Å². The van der Waals surface area contributed by atoms with E-state index in [1.54, 1.807) is 0 Å². The molecule has 0 heterocycles. The van der Waals surface area contributed by atoms with Gasteiger partial charge in [0, 0.05) is 18.2 Å². The first-order valence-electron chi connectivity index (χ1n) is 7.03. The van der Waals surface area contributed by atoms with E-state index in [1.807, 2.05) is 24.3 Å². The van der Waals surface area contributed by atoms with Gasteiger partial charge in [0.1, 0.15) is 0 Å². The van der Waals surface area contributed by atoms with Crippen LogP contribution in [0.15, 0.2) is 29.4 Å². The quantitative estimate of drug-likeness (QED) is 0.305. The maximum absolute atomic E-state index is 8.61. The molecule has 0 bridgehead atoms. The molecule has 0 radical (unpaired) electrons. The van der Waals surface area contributed by atoms with Gasteiger partial charge in [0.05, 0.1) is 0 Å². The molecule has 1 aromatic carbocycles. The summed E-state index contributed by atoms with van der Waals surface area (Å²) < 4.78 is 0. The van der Waals surface area contributed by atoms with E-state index in [4.69, 9.17) is 10.9 Å². The lowest BCUT2D eigenvalue weighted by molar-refractivity contribution is 0.318. The smallest absolute Gasteiger partial charge is 0.170 e. The van der Waals surface area contributed by atoms with E-state index in [0.29, 0.717) is 6.04 Å². The molecule has 0 saturated heterocycles. The highest BCUT2D eigenvalue weighted by Crippen LogP contribution is 2.34. The van der Waals surface area contributed by atoms with Crippen LogP contribution >= 0.6 is 0 Å². The maximum atomic E-state index is 8.61. The van der Waals surface area contributed by atoms with Gasteiger partial charge in [-0.1, -0.05) is 49.2 Å². The minimum atomic E-state index is 0.152. The molecule has 4 nitrogen and oxygen atoms in total. The van der Waals surface area contributed by atoms with E-state index in [2.05, 4.69) is 17.4 Å². The summed E-state index contributed by atoms with van der Waals surface area (Å²) in [6.45, 7) is 3.11. The highest BCUT2D eigenvalue weighted by molar-refractivity contribution is 5.96. The van der Waals surface area contributed by atoms with Gasteiger partial charge in [0.15, 0.2) is 5.84 Å². The Hall–Kier alpha value is -1.55. The van der Waals surface area contributed by atoms with Crippen LogP contribution in [0.5, 0.6) is 0 Å². The Morgan fingerprint density at radius 3 is 2.63 bits per heavy atom.